The number of amides is 2. The molecule has 0 aliphatic heterocycles. The first-order chi connectivity index (χ1) is 14.1. The molecular weight excluding hydrogens is 392 g/mol. The number of nitrogens with one attached hydrogen (secondary N) is 2. The minimum Gasteiger partial charge on any atom is -0.459 e. The molecule has 0 aliphatic rings. The molecule has 0 bridgehead atoms. The van der Waals surface area contributed by atoms with Gasteiger partial charge in [-0.25, -0.2) is 9.66 Å². The lowest BCUT2D eigenvalue weighted by molar-refractivity contribution is -0.117. The molecule has 146 valence electrons. The van der Waals surface area contributed by atoms with Gasteiger partial charge in [0.05, 0.1) is 11.6 Å². The molecule has 4 rings (SSSR count). The summed E-state index contributed by atoms with van der Waals surface area (Å²) in [5, 5.41) is 4.91. The van der Waals surface area contributed by atoms with E-state index in [1.54, 1.807) is 6.07 Å². The van der Waals surface area contributed by atoms with Crippen LogP contribution in [0.5, 0.6) is 0 Å². The molecule has 0 fully saturated rings. The summed E-state index contributed by atoms with van der Waals surface area (Å²) in [4.78, 5) is 41.7. The van der Waals surface area contributed by atoms with Gasteiger partial charge in [-0.15, -0.1) is 11.3 Å². The van der Waals surface area contributed by atoms with Gasteiger partial charge in [-0.1, -0.05) is 30.3 Å². The predicted octanol–water partition coefficient (Wildman–Crippen LogP) is 2.61. The zero-order valence-electron chi connectivity index (χ0n) is 15.1. The van der Waals surface area contributed by atoms with Crippen LogP contribution in [0.1, 0.15) is 17.0 Å². The Balaban J connectivity index is 1.47. The summed E-state index contributed by atoms with van der Waals surface area (Å²) in [5.74, 6) is -0.666. The van der Waals surface area contributed by atoms with Gasteiger partial charge in [0.2, 0.25) is 5.91 Å². The number of hydrogen-bond acceptors (Lipinski definition) is 6. The predicted molar refractivity (Wildman–Crippen MR) is 109 cm³/mol. The van der Waals surface area contributed by atoms with Gasteiger partial charge in [0.15, 0.2) is 5.76 Å². The standard InChI is InChI=1S/C20H16N4O4S/c25-16(8-9-21-18(26)15-7-4-10-28-15)23-24-12-22-19-17(20(24)27)14(11-29-19)13-5-2-1-3-6-13/h1-7,10-12H,8-9H2,(H,21,26)(H,23,25). The average Bonchev–Trinajstić information content (AvgIpc) is 3.41. The van der Waals surface area contributed by atoms with Crippen molar-refractivity contribution in [2.45, 2.75) is 6.42 Å². The maximum absolute atomic E-state index is 12.9. The van der Waals surface area contributed by atoms with E-state index in [0.717, 1.165) is 15.8 Å². The first-order valence-electron chi connectivity index (χ1n) is 8.79. The molecule has 0 aliphatic carbocycles. The summed E-state index contributed by atoms with van der Waals surface area (Å²) in [6.07, 6.45) is 2.67. The highest BCUT2D eigenvalue weighted by Crippen LogP contribution is 2.30. The van der Waals surface area contributed by atoms with E-state index < -0.39 is 11.8 Å². The summed E-state index contributed by atoms with van der Waals surface area (Å²) in [7, 11) is 0. The fraction of sp³-hybridized carbons (Fsp3) is 0.100. The largest absolute Gasteiger partial charge is 0.459 e. The molecule has 2 N–H and O–H groups in total. The Kier molecular flexibility index (Phi) is 5.21. The van der Waals surface area contributed by atoms with Gasteiger partial charge in [-0.3, -0.25) is 19.8 Å². The van der Waals surface area contributed by atoms with E-state index in [0.29, 0.717) is 10.2 Å². The Labute approximate surface area is 168 Å². The number of fused-ring (bicyclic) bond motifs is 1. The Morgan fingerprint density at radius 1 is 1.14 bits per heavy atom. The van der Waals surface area contributed by atoms with Crippen LogP contribution in [0.3, 0.4) is 0 Å². The van der Waals surface area contributed by atoms with E-state index >= 15 is 0 Å². The zero-order chi connectivity index (χ0) is 20.2. The number of carbonyl (C=O) groups is 2. The Bertz CT molecular complexity index is 1210. The molecule has 0 unspecified atom stereocenters. The second kappa shape index (κ2) is 8.11. The Morgan fingerprint density at radius 3 is 2.72 bits per heavy atom. The van der Waals surface area contributed by atoms with Crippen LogP contribution in [0.4, 0.5) is 0 Å². The number of aromatic nitrogens is 2. The molecule has 0 spiro atoms. The topological polar surface area (TPSA) is 106 Å². The van der Waals surface area contributed by atoms with E-state index in [1.165, 1.54) is 30.0 Å². The average molecular weight is 408 g/mol. The van der Waals surface area contributed by atoms with E-state index in [4.69, 9.17) is 4.42 Å². The second-order valence-corrected chi connectivity index (χ2v) is 6.99. The van der Waals surface area contributed by atoms with Gasteiger partial charge in [0.25, 0.3) is 11.5 Å². The van der Waals surface area contributed by atoms with Crippen LogP contribution in [0.25, 0.3) is 21.3 Å². The molecule has 2 amide bonds. The van der Waals surface area contributed by atoms with Crippen LogP contribution in [0.15, 0.2) is 69.6 Å². The minimum absolute atomic E-state index is 0.00783. The summed E-state index contributed by atoms with van der Waals surface area (Å²) < 4.78 is 6.05. The maximum atomic E-state index is 12.9. The lowest BCUT2D eigenvalue weighted by Crippen LogP contribution is -2.35. The van der Waals surface area contributed by atoms with E-state index in [9.17, 15) is 14.4 Å². The molecule has 0 atom stereocenters. The number of rotatable bonds is 6. The van der Waals surface area contributed by atoms with Crippen molar-refractivity contribution in [3.8, 4) is 11.1 Å². The van der Waals surface area contributed by atoms with Crippen LogP contribution >= 0.6 is 11.3 Å². The van der Waals surface area contributed by atoms with Crippen molar-refractivity contribution in [3.63, 3.8) is 0 Å². The van der Waals surface area contributed by atoms with Crippen molar-refractivity contribution in [1.29, 1.82) is 0 Å². The van der Waals surface area contributed by atoms with Crippen LogP contribution in [0, 0.1) is 0 Å². The van der Waals surface area contributed by atoms with Crippen LogP contribution in [-0.4, -0.2) is 28.0 Å². The van der Waals surface area contributed by atoms with E-state index in [1.807, 2.05) is 35.7 Å². The Hall–Kier alpha value is -3.72. The third kappa shape index (κ3) is 3.94. The van der Waals surface area contributed by atoms with E-state index in [-0.39, 0.29) is 24.3 Å². The molecule has 29 heavy (non-hydrogen) atoms. The molecule has 9 heteroatoms. The van der Waals surface area contributed by atoms with Gasteiger partial charge in [-0.05, 0) is 17.7 Å². The fourth-order valence-corrected chi connectivity index (χ4v) is 3.72. The lowest BCUT2D eigenvalue weighted by Gasteiger charge is -2.08. The zero-order valence-corrected chi connectivity index (χ0v) is 15.9. The molecular formula is C20H16N4O4S. The first-order valence-corrected chi connectivity index (χ1v) is 9.67. The maximum Gasteiger partial charge on any atom is 0.286 e. The Morgan fingerprint density at radius 2 is 1.97 bits per heavy atom. The third-order valence-corrected chi connectivity index (χ3v) is 5.09. The lowest BCUT2D eigenvalue weighted by atomic mass is 10.1. The van der Waals surface area contributed by atoms with E-state index in [2.05, 4.69) is 15.7 Å². The second-order valence-electron chi connectivity index (χ2n) is 6.13. The first kappa shape index (κ1) is 18.6. The molecule has 4 aromatic rings. The number of hydrogen-bond donors (Lipinski definition) is 2. The SMILES string of the molecule is O=C(CCNC(=O)c1ccco1)Nn1cnc2scc(-c3ccccc3)c2c1=O. The number of furan rings is 1. The summed E-state index contributed by atoms with van der Waals surface area (Å²) in [6, 6.07) is 12.7. The van der Waals surface area contributed by atoms with Gasteiger partial charge in [0, 0.05) is 23.9 Å². The molecule has 0 radical (unpaired) electrons. The van der Waals surface area contributed by atoms with Gasteiger partial charge in [-0.2, -0.15) is 0 Å². The van der Waals surface area contributed by atoms with Crippen molar-refractivity contribution in [2.24, 2.45) is 0 Å². The summed E-state index contributed by atoms with van der Waals surface area (Å²) in [6.45, 7) is 0.101. The number of carbonyl (C=O) groups excluding carboxylic acids is 2. The van der Waals surface area contributed by atoms with Crippen molar-refractivity contribution < 1.29 is 14.0 Å². The van der Waals surface area contributed by atoms with Crippen LogP contribution in [-0.2, 0) is 4.79 Å². The normalized spacial score (nSPS) is 10.8. The molecule has 0 saturated carbocycles. The molecule has 0 saturated heterocycles. The monoisotopic (exact) mass is 408 g/mol. The number of benzene rings is 1. The number of nitrogens with zero attached hydrogens (tertiary/aromatic N) is 2. The van der Waals surface area contributed by atoms with Crippen LogP contribution < -0.4 is 16.3 Å². The summed E-state index contributed by atoms with van der Waals surface area (Å²) in [5.41, 5.74) is 3.83. The van der Waals surface area contributed by atoms with Crippen LogP contribution in [0.2, 0.25) is 0 Å². The quantitative estimate of drug-likeness (QED) is 0.510. The number of thiophene rings is 1. The summed E-state index contributed by atoms with van der Waals surface area (Å²) >= 11 is 1.37. The molecule has 3 aromatic heterocycles. The van der Waals surface area contributed by atoms with Gasteiger partial charge < -0.3 is 9.73 Å². The minimum atomic E-state index is -0.426. The highest BCUT2D eigenvalue weighted by atomic mass is 32.1. The van der Waals surface area contributed by atoms with Crippen molar-refractivity contribution in [1.82, 2.24) is 15.0 Å². The fourth-order valence-electron chi connectivity index (χ4n) is 2.82. The molecule has 8 nitrogen and oxygen atoms in total. The smallest absolute Gasteiger partial charge is 0.286 e. The molecule has 3 heterocycles. The van der Waals surface area contributed by atoms with Crippen molar-refractivity contribution in [3.05, 3.63) is 76.5 Å². The van der Waals surface area contributed by atoms with Crippen molar-refractivity contribution >= 4 is 33.4 Å². The van der Waals surface area contributed by atoms with Crippen molar-refractivity contribution in [2.75, 3.05) is 12.0 Å². The third-order valence-electron chi connectivity index (χ3n) is 4.21. The van der Waals surface area contributed by atoms with Gasteiger partial charge in [0.1, 0.15) is 11.2 Å². The van der Waals surface area contributed by atoms with Gasteiger partial charge >= 0.3 is 0 Å². The highest BCUT2D eigenvalue weighted by molar-refractivity contribution is 7.17. The molecule has 1 aromatic carbocycles. The highest BCUT2D eigenvalue weighted by Gasteiger charge is 2.14.